The first-order valence-electron chi connectivity index (χ1n) is 12.1. The van der Waals surface area contributed by atoms with Crippen LogP contribution in [0.3, 0.4) is 0 Å². The Morgan fingerprint density at radius 1 is 0.611 bits per heavy atom. The molecule has 0 fully saturated rings. The van der Waals surface area contributed by atoms with E-state index in [2.05, 4.69) is 137 Å². The van der Waals surface area contributed by atoms with Crippen LogP contribution in [-0.4, -0.2) is 21.6 Å². The minimum atomic E-state index is -1.17. The molecule has 0 unspecified atom stereocenters. The minimum absolute atomic E-state index is 0. The van der Waals surface area contributed by atoms with Gasteiger partial charge in [-0.15, -0.1) is 24.0 Å². The molecule has 0 saturated carbocycles. The van der Waals surface area contributed by atoms with Gasteiger partial charge in [-0.3, -0.25) is 12.2 Å². The van der Waals surface area contributed by atoms with Gasteiger partial charge >= 0.3 is 41.9 Å². The second-order valence-corrected chi connectivity index (χ2v) is 30.6. The van der Waals surface area contributed by atoms with Gasteiger partial charge in [0.25, 0.3) is 0 Å². The van der Waals surface area contributed by atoms with Gasteiger partial charge in [0.2, 0.25) is 0 Å². The van der Waals surface area contributed by atoms with Crippen molar-refractivity contribution < 1.29 is 48.1 Å². The average molecular weight is 647 g/mol. The molecular weight excluding hydrogens is 607 g/mol. The first kappa shape index (κ1) is 35.5. The van der Waals surface area contributed by atoms with Gasteiger partial charge in [0.1, 0.15) is 0 Å². The van der Waals surface area contributed by atoms with Crippen LogP contribution in [0.5, 0.6) is 0 Å². The standard InChI is InChI=1S/2C14H17Si.C2H6Si.2ClH.Zr/c2*1-15(2,3)14-10-9-13(11-14)12-7-5-4-6-8-12;1-3-2;;;/h2*4-8,11H,9H2,1-3H3;1-2H3;2*1H;/q2*-1;;;;+2/p-2. The van der Waals surface area contributed by atoms with Crippen molar-refractivity contribution in [3.8, 4) is 0 Å². The number of hydrogen-bond acceptors (Lipinski definition) is 0. The van der Waals surface area contributed by atoms with Crippen LogP contribution in [0.4, 0.5) is 0 Å². The Hall–Kier alpha value is -0.486. The largest absolute Gasteiger partial charge is 1.00 e. The van der Waals surface area contributed by atoms with Crippen LogP contribution >= 0.6 is 0 Å². The maximum Gasteiger partial charge on any atom is -1.00 e. The van der Waals surface area contributed by atoms with E-state index in [1.807, 2.05) is 0 Å². The Morgan fingerprint density at radius 3 is 1.11 bits per heavy atom. The van der Waals surface area contributed by atoms with Crippen LogP contribution in [0.1, 0.15) is 24.0 Å². The van der Waals surface area contributed by atoms with E-state index in [0.29, 0.717) is 0 Å². The molecule has 0 saturated heterocycles. The van der Waals surface area contributed by atoms with Crippen molar-refractivity contribution >= 4 is 32.7 Å². The topological polar surface area (TPSA) is 0 Å². The summed E-state index contributed by atoms with van der Waals surface area (Å²) >= 11 is 1.74. The van der Waals surface area contributed by atoms with Crippen LogP contribution in [-0.2, 0) is 23.3 Å². The van der Waals surface area contributed by atoms with E-state index in [0.717, 1.165) is 12.8 Å². The Kier molecular flexibility index (Phi) is 16.2. The van der Waals surface area contributed by atoms with Crippen molar-refractivity contribution in [3.05, 3.63) is 106 Å². The summed E-state index contributed by atoms with van der Waals surface area (Å²) in [5.74, 6) is 0. The van der Waals surface area contributed by atoms with Crippen LogP contribution < -0.4 is 24.8 Å². The molecule has 36 heavy (non-hydrogen) atoms. The van der Waals surface area contributed by atoms with Crippen LogP contribution in [0.2, 0.25) is 52.4 Å². The van der Waals surface area contributed by atoms with Crippen molar-refractivity contribution in [2.75, 3.05) is 0 Å². The van der Waals surface area contributed by atoms with E-state index in [1.54, 1.807) is 23.3 Å². The molecule has 0 bridgehead atoms. The molecule has 0 spiro atoms. The second-order valence-electron chi connectivity index (χ2n) is 11.1. The summed E-state index contributed by atoms with van der Waals surface area (Å²) in [6.07, 6.45) is 13.7. The fourth-order valence-electron chi connectivity index (χ4n) is 3.57. The number of rotatable bonds is 4. The van der Waals surface area contributed by atoms with Crippen molar-refractivity contribution in [3.63, 3.8) is 0 Å². The first-order valence-corrected chi connectivity index (χ1v) is 25.3. The van der Waals surface area contributed by atoms with Gasteiger partial charge in [0.15, 0.2) is 0 Å². The molecule has 0 heterocycles. The predicted molar refractivity (Wildman–Crippen MR) is 156 cm³/mol. The van der Waals surface area contributed by atoms with E-state index in [4.69, 9.17) is 0 Å². The normalized spacial score (nSPS) is 14.3. The fourth-order valence-corrected chi connectivity index (χ4v) is 6.02. The molecule has 2 aliphatic carbocycles. The molecule has 0 N–H and O–H groups in total. The van der Waals surface area contributed by atoms with Gasteiger partial charge in [-0.1, -0.05) is 99.9 Å². The molecule has 0 amide bonds. The summed E-state index contributed by atoms with van der Waals surface area (Å²) in [7, 11) is -2.34. The van der Waals surface area contributed by atoms with E-state index in [1.165, 1.54) is 32.7 Å². The van der Waals surface area contributed by atoms with Crippen molar-refractivity contribution in [1.82, 2.24) is 0 Å². The number of allylic oxidation sites excluding steroid dienone is 8. The van der Waals surface area contributed by atoms with E-state index in [-0.39, 0.29) is 30.2 Å². The molecule has 0 nitrogen and oxygen atoms in total. The summed E-state index contributed by atoms with van der Waals surface area (Å²) in [4.78, 5) is 0. The summed E-state index contributed by atoms with van der Waals surface area (Å²) < 4.78 is 0. The molecule has 2 aromatic carbocycles. The zero-order valence-corrected chi connectivity index (χ0v) is 30.1. The Labute approximate surface area is 250 Å². The number of benzene rings is 2. The number of hydrogen-bond donors (Lipinski definition) is 0. The van der Waals surface area contributed by atoms with E-state index >= 15 is 0 Å². The molecule has 6 heteroatoms. The molecule has 0 aliphatic heterocycles. The van der Waals surface area contributed by atoms with Crippen LogP contribution in [0.15, 0.2) is 83.2 Å². The Bertz CT molecular complexity index is 1000. The quantitative estimate of drug-likeness (QED) is 0.354. The maximum atomic E-state index is 3.53. The third-order valence-corrected chi connectivity index (χ3v) is 9.36. The first-order chi connectivity index (χ1) is 15.9. The Morgan fingerprint density at radius 2 is 0.889 bits per heavy atom. The van der Waals surface area contributed by atoms with Gasteiger partial charge in [-0.2, -0.15) is 0 Å². The molecular formula is C30H40Cl2Si3Zr-2. The van der Waals surface area contributed by atoms with Crippen molar-refractivity contribution in [1.29, 1.82) is 0 Å². The molecule has 0 atom stereocenters. The van der Waals surface area contributed by atoms with Crippen LogP contribution in [0, 0.1) is 12.2 Å². The van der Waals surface area contributed by atoms with Gasteiger partial charge in [-0.05, 0) is 11.1 Å². The molecule has 2 aliphatic rings. The van der Waals surface area contributed by atoms with Crippen LogP contribution in [0.25, 0.3) is 11.1 Å². The average Bonchev–Trinajstić information content (AvgIpc) is 3.45. The van der Waals surface area contributed by atoms with Gasteiger partial charge in [0.05, 0.1) is 0 Å². The van der Waals surface area contributed by atoms with E-state index in [9.17, 15) is 0 Å². The maximum absolute atomic E-state index is 3.53. The summed E-state index contributed by atoms with van der Waals surface area (Å²) in [6, 6.07) is 21.3. The predicted octanol–water partition coefficient (Wildman–Crippen LogP) is 2.95. The van der Waals surface area contributed by atoms with Crippen molar-refractivity contribution in [2.24, 2.45) is 0 Å². The molecule has 192 valence electrons. The SMILES string of the molecule is C[Si](C)(C)C1=[C-]CC(c2ccccc2)=C1.C[Si](C)(C)C1=[C-]CC(c2ccccc2)=C1.C[Si](C)=[Zr+2].[Cl-].[Cl-]. The molecule has 4 rings (SSSR count). The Balaban J connectivity index is 0.000000566. The second kappa shape index (κ2) is 16.5. The fraction of sp³-hybridized carbons (Fsp3) is 0.333. The molecule has 0 aromatic heterocycles. The third-order valence-electron chi connectivity index (χ3n) is 5.48. The smallest absolute Gasteiger partial charge is 1.00 e. The van der Waals surface area contributed by atoms with Gasteiger partial charge in [0, 0.05) is 16.1 Å². The summed E-state index contributed by atoms with van der Waals surface area (Å²) in [5.41, 5.74) is 5.75. The molecule has 0 radical (unpaired) electrons. The third kappa shape index (κ3) is 12.4. The van der Waals surface area contributed by atoms with Gasteiger partial charge < -0.3 is 24.8 Å². The number of halogens is 2. The van der Waals surface area contributed by atoms with E-state index < -0.39 is 16.1 Å². The monoisotopic (exact) mass is 644 g/mol. The summed E-state index contributed by atoms with van der Waals surface area (Å²) in [5, 5.41) is 2.95. The van der Waals surface area contributed by atoms with Gasteiger partial charge in [-0.25, -0.2) is 22.5 Å². The zero-order valence-electron chi connectivity index (χ0n) is 23.1. The minimum Gasteiger partial charge on any atom is -1.00 e. The zero-order chi connectivity index (χ0) is 25.4. The van der Waals surface area contributed by atoms with Crippen molar-refractivity contribution in [2.45, 2.75) is 65.2 Å². The summed E-state index contributed by atoms with van der Waals surface area (Å²) in [6.45, 7) is 18.9. The molecule has 2 aromatic rings.